The van der Waals surface area contributed by atoms with Crippen LogP contribution in [0, 0.1) is 37.8 Å². The van der Waals surface area contributed by atoms with Gasteiger partial charge in [0.25, 0.3) is 11.2 Å². The number of aryl methyl sites for hydroxylation is 3. The van der Waals surface area contributed by atoms with E-state index >= 15 is 0 Å². The minimum atomic E-state index is -0.820. The fraction of sp³-hybridized carbons (Fsp3) is 0.190. The van der Waals surface area contributed by atoms with Gasteiger partial charge in [-0.3, -0.25) is 24.9 Å². The van der Waals surface area contributed by atoms with Crippen molar-refractivity contribution in [3.05, 3.63) is 89.1 Å². The number of benzene rings is 2. The molecule has 1 heterocycles. The smallest absolute Gasteiger partial charge is 0.335 e. The maximum absolute atomic E-state index is 12.3. The van der Waals surface area contributed by atoms with Crippen LogP contribution in [0.5, 0.6) is 5.88 Å². The summed E-state index contributed by atoms with van der Waals surface area (Å²) in [5.74, 6) is -0.575. The third-order valence-corrected chi connectivity index (χ3v) is 5.03. The van der Waals surface area contributed by atoms with Crippen LogP contribution in [0.3, 0.4) is 0 Å². The van der Waals surface area contributed by atoms with Gasteiger partial charge in [0, 0.05) is 17.8 Å². The first-order chi connectivity index (χ1) is 14.1. The predicted molar refractivity (Wildman–Crippen MR) is 114 cm³/mol. The Morgan fingerprint density at radius 2 is 1.77 bits per heavy atom. The molecule has 3 aromatic rings. The molecule has 0 saturated heterocycles. The second kappa shape index (κ2) is 7.78. The number of aromatic hydroxyl groups is 1. The van der Waals surface area contributed by atoms with Gasteiger partial charge in [-0.2, -0.15) is 0 Å². The van der Waals surface area contributed by atoms with E-state index in [-0.39, 0.29) is 16.9 Å². The summed E-state index contributed by atoms with van der Waals surface area (Å²) in [5, 5.41) is 21.8. The number of rotatable bonds is 4. The van der Waals surface area contributed by atoms with E-state index < -0.39 is 22.1 Å². The van der Waals surface area contributed by atoms with E-state index in [1.807, 2.05) is 13.8 Å². The molecule has 9 heteroatoms. The van der Waals surface area contributed by atoms with Gasteiger partial charge in [-0.25, -0.2) is 9.36 Å². The number of nitrogens with one attached hydrogen (secondary N) is 1. The third-order valence-electron chi connectivity index (χ3n) is 5.03. The highest BCUT2D eigenvalue weighted by molar-refractivity contribution is 5.84. The second-order valence-corrected chi connectivity index (χ2v) is 7.02. The number of hydrogen-bond acceptors (Lipinski definition) is 6. The molecule has 2 aromatic carbocycles. The van der Waals surface area contributed by atoms with Gasteiger partial charge in [0.1, 0.15) is 5.56 Å². The van der Waals surface area contributed by atoms with Crippen LogP contribution in [0.15, 0.2) is 44.9 Å². The Bertz CT molecular complexity index is 1320. The van der Waals surface area contributed by atoms with Crippen LogP contribution in [-0.2, 0) is 0 Å². The number of aliphatic imine (C=N–C) groups is 1. The molecule has 0 aliphatic rings. The molecular weight excluding hydrogens is 388 g/mol. The Morgan fingerprint density at radius 1 is 1.07 bits per heavy atom. The Balaban J connectivity index is 2.14. The fourth-order valence-electron chi connectivity index (χ4n) is 2.98. The van der Waals surface area contributed by atoms with E-state index in [0.29, 0.717) is 16.8 Å². The lowest BCUT2D eigenvalue weighted by molar-refractivity contribution is -0.385. The Labute approximate surface area is 171 Å². The lowest BCUT2D eigenvalue weighted by Crippen LogP contribution is -2.31. The van der Waals surface area contributed by atoms with Crippen molar-refractivity contribution in [2.45, 2.75) is 27.7 Å². The zero-order chi connectivity index (χ0) is 22.2. The molecule has 0 amide bonds. The van der Waals surface area contributed by atoms with E-state index in [4.69, 9.17) is 0 Å². The molecule has 2 N–H and O–H groups in total. The van der Waals surface area contributed by atoms with Gasteiger partial charge >= 0.3 is 5.69 Å². The average Bonchev–Trinajstić information content (AvgIpc) is 2.66. The maximum atomic E-state index is 12.3. The van der Waals surface area contributed by atoms with Crippen molar-refractivity contribution >= 4 is 17.6 Å². The number of H-pyrrole nitrogens is 1. The SMILES string of the molecule is Cc1ccc(-n2c(O)c(C=Nc3cc(C)c(C)c([N+](=O)[O-])c3)c(=O)[nH]c2=O)cc1C. The molecule has 0 spiro atoms. The normalized spacial score (nSPS) is 11.2. The Hall–Kier alpha value is -4.01. The van der Waals surface area contributed by atoms with Gasteiger partial charge in [-0.15, -0.1) is 0 Å². The maximum Gasteiger partial charge on any atom is 0.335 e. The zero-order valence-corrected chi connectivity index (χ0v) is 16.9. The van der Waals surface area contributed by atoms with Gasteiger partial charge in [0.15, 0.2) is 0 Å². The highest BCUT2D eigenvalue weighted by atomic mass is 16.6. The molecule has 1 aromatic heterocycles. The third kappa shape index (κ3) is 3.77. The topological polar surface area (TPSA) is 131 Å². The van der Waals surface area contributed by atoms with Crippen LogP contribution < -0.4 is 11.2 Å². The first kappa shape index (κ1) is 20.7. The molecule has 0 saturated carbocycles. The van der Waals surface area contributed by atoms with Crippen molar-refractivity contribution in [3.8, 4) is 11.6 Å². The first-order valence-electron chi connectivity index (χ1n) is 9.05. The molecule has 0 fully saturated rings. The molecule has 0 radical (unpaired) electrons. The molecule has 0 atom stereocenters. The summed E-state index contributed by atoms with van der Waals surface area (Å²) in [6.07, 6.45) is 1.08. The van der Waals surface area contributed by atoms with Gasteiger partial charge < -0.3 is 5.11 Å². The van der Waals surface area contributed by atoms with Crippen LogP contribution in [0.2, 0.25) is 0 Å². The lowest BCUT2D eigenvalue weighted by Gasteiger charge is -2.11. The van der Waals surface area contributed by atoms with Crippen LogP contribution in [0.25, 0.3) is 5.69 Å². The standard InChI is InChI=1S/C21H20N4O5/c1-11-5-6-16(8-12(11)2)24-20(27)17(19(26)23-21(24)28)10-22-15-7-13(3)14(4)18(9-15)25(29)30/h5-10,27H,1-4H3,(H,23,26,28). The van der Waals surface area contributed by atoms with E-state index in [0.717, 1.165) is 21.9 Å². The summed E-state index contributed by atoms with van der Waals surface area (Å²) in [6.45, 7) is 7.12. The Kier molecular flexibility index (Phi) is 5.37. The van der Waals surface area contributed by atoms with Crippen LogP contribution in [0.1, 0.15) is 27.8 Å². The van der Waals surface area contributed by atoms with Gasteiger partial charge in [0.2, 0.25) is 5.88 Å². The quantitative estimate of drug-likeness (QED) is 0.389. The summed E-state index contributed by atoms with van der Waals surface area (Å²) >= 11 is 0. The lowest BCUT2D eigenvalue weighted by atomic mass is 10.1. The molecule has 0 aliphatic carbocycles. The molecule has 30 heavy (non-hydrogen) atoms. The van der Waals surface area contributed by atoms with Gasteiger partial charge in [-0.1, -0.05) is 6.07 Å². The number of nitrogens with zero attached hydrogens (tertiary/aromatic N) is 3. The average molecular weight is 408 g/mol. The molecule has 3 rings (SSSR count). The summed E-state index contributed by atoms with van der Waals surface area (Å²) in [7, 11) is 0. The second-order valence-electron chi connectivity index (χ2n) is 7.02. The Morgan fingerprint density at radius 3 is 2.40 bits per heavy atom. The molecule has 0 unspecified atom stereocenters. The zero-order valence-electron chi connectivity index (χ0n) is 16.9. The number of aromatic amines is 1. The molecule has 0 aliphatic heterocycles. The minimum absolute atomic E-state index is 0.0969. The van der Waals surface area contributed by atoms with Crippen molar-refractivity contribution in [2.24, 2.45) is 4.99 Å². The number of hydrogen-bond donors (Lipinski definition) is 2. The van der Waals surface area contributed by atoms with E-state index in [9.17, 15) is 24.8 Å². The van der Waals surface area contributed by atoms with Crippen LogP contribution in [-0.4, -0.2) is 25.8 Å². The predicted octanol–water partition coefficient (Wildman–Crippen LogP) is 3.12. The summed E-state index contributed by atoms with van der Waals surface area (Å²) in [4.78, 5) is 41.6. The van der Waals surface area contributed by atoms with Crippen molar-refractivity contribution < 1.29 is 10.0 Å². The first-order valence-corrected chi connectivity index (χ1v) is 9.05. The summed E-state index contributed by atoms with van der Waals surface area (Å²) in [5.41, 5.74) is 1.77. The van der Waals surface area contributed by atoms with Crippen LogP contribution in [0.4, 0.5) is 11.4 Å². The molecule has 0 bridgehead atoms. The number of aromatic nitrogens is 2. The van der Waals surface area contributed by atoms with Crippen molar-refractivity contribution in [1.82, 2.24) is 9.55 Å². The summed E-state index contributed by atoms with van der Waals surface area (Å²) in [6, 6.07) is 8.06. The van der Waals surface area contributed by atoms with E-state index in [2.05, 4.69) is 9.98 Å². The fourth-order valence-corrected chi connectivity index (χ4v) is 2.98. The number of nitro groups is 1. The molecular formula is C21H20N4O5. The monoisotopic (exact) mass is 408 g/mol. The highest BCUT2D eigenvalue weighted by Gasteiger charge is 2.16. The summed E-state index contributed by atoms with van der Waals surface area (Å²) < 4.78 is 0.970. The van der Waals surface area contributed by atoms with Gasteiger partial charge in [0.05, 0.1) is 16.3 Å². The molecule has 9 nitrogen and oxygen atoms in total. The largest absolute Gasteiger partial charge is 0.493 e. The highest BCUT2D eigenvalue weighted by Crippen LogP contribution is 2.28. The van der Waals surface area contributed by atoms with E-state index in [1.165, 1.54) is 6.07 Å². The van der Waals surface area contributed by atoms with Gasteiger partial charge in [-0.05, 0) is 62.6 Å². The van der Waals surface area contributed by atoms with Crippen molar-refractivity contribution in [3.63, 3.8) is 0 Å². The van der Waals surface area contributed by atoms with Crippen LogP contribution >= 0.6 is 0 Å². The van der Waals surface area contributed by atoms with Crippen molar-refractivity contribution in [1.29, 1.82) is 0 Å². The molecule has 154 valence electrons. The minimum Gasteiger partial charge on any atom is -0.493 e. The van der Waals surface area contributed by atoms with E-state index in [1.54, 1.807) is 38.1 Å². The van der Waals surface area contributed by atoms with Crippen molar-refractivity contribution in [2.75, 3.05) is 0 Å². The number of nitro benzene ring substituents is 1.